The minimum Gasteiger partial charge on any atom is -0.481 e. The zero-order valence-corrected chi connectivity index (χ0v) is 16.4. The lowest BCUT2D eigenvalue weighted by atomic mass is 9.96. The number of carbonyl (C=O) groups is 2. The Kier molecular flexibility index (Phi) is 5.25. The molecule has 0 fully saturated rings. The third kappa shape index (κ3) is 3.70. The largest absolute Gasteiger partial charge is 0.481 e. The maximum Gasteiger partial charge on any atom is 0.343 e. The molecule has 0 bridgehead atoms. The van der Waals surface area contributed by atoms with Crippen LogP contribution in [0, 0.1) is 0 Å². The monoisotopic (exact) mass is 392 g/mol. The Hall–Kier alpha value is -3.28. The standard InChI is InChI=1S/C23H24N2O4/c1-28-21(27)14-29-19-9-5-8-17-23(19)22-16(12-20(24)26)10-11-18(22)25(17)13-15-6-3-2-4-7-15/h2-9,16H,10-14H2,1H3,(H2,24,26). The number of fused-ring (bicyclic) bond motifs is 3. The number of hydrogen-bond acceptors (Lipinski definition) is 4. The lowest BCUT2D eigenvalue weighted by molar-refractivity contribution is -0.142. The van der Waals surface area contributed by atoms with Gasteiger partial charge in [-0.3, -0.25) is 4.79 Å². The lowest BCUT2D eigenvalue weighted by Crippen LogP contribution is -2.14. The quantitative estimate of drug-likeness (QED) is 0.626. The molecule has 2 N–H and O–H groups in total. The molecule has 1 amide bonds. The number of ether oxygens (including phenoxy) is 2. The fourth-order valence-electron chi connectivity index (χ4n) is 4.32. The molecule has 1 aromatic heterocycles. The lowest BCUT2D eigenvalue weighted by Gasteiger charge is -2.13. The van der Waals surface area contributed by atoms with Crippen LogP contribution in [-0.2, 0) is 27.3 Å². The van der Waals surface area contributed by atoms with Gasteiger partial charge in [0.25, 0.3) is 0 Å². The fraction of sp³-hybridized carbons (Fsp3) is 0.304. The van der Waals surface area contributed by atoms with Gasteiger partial charge in [0.15, 0.2) is 6.61 Å². The topological polar surface area (TPSA) is 83.6 Å². The van der Waals surface area contributed by atoms with E-state index >= 15 is 0 Å². The molecule has 4 rings (SSSR count). The maximum absolute atomic E-state index is 11.7. The summed E-state index contributed by atoms with van der Waals surface area (Å²) in [7, 11) is 1.34. The summed E-state index contributed by atoms with van der Waals surface area (Å²) in [6, 6.07) is 16.1. The summed E-state index contributed by atoms with van der Waals surface area (Å²) in [5.41, 5.74) is 10.1. The van der Waals surface area contributed by atoms with Crippen LogP contribution in [0.2, 0.25) is 0 Å². The highest BCUT2D eigenvalue weighted by atomic mass is 16.6. The van der Waals surface area contributed by atoms with Crippen molar-refractivity contribution in [3.8, 4) is 5.75 Å². The number of nitrogens with two attached hydrogens (primary N) is 1. The van der Waals surface area contributed by atoms with Gasteiger partial charge in [0.05, 0.1) is 12.6 Å². The molecule has 2 aromatic carbocycles. The van der Waals surface area contributed by atoms with E-state index in [0.29, 0.717) is 12.2 Å². The second-order valence-electron chi connectivity index (χ2n) is 7.35. The van der Waals surface area contributed by atoms with Crippen LogP contribution in [0.25, 0.3) is 10.9 Å². The fourth-order valence-corrected chi connectivity index (χ4v) is 4.32. The minimum atomic E-state index is -0.434. The van der Waals surface area contributed by atoms with Gasteiger partial charge in [-0.15, -0.1) is 0 Å². The SMILES string of the molecule is COC(=O)COc1cccc2c1c1c(n2Cc2ccccc2)CCC1CC(N)=O. The van der Waals surface area contributed by atoms with Crippen molar-refractivity contribution in [2.45, 2.75) is 31.7 Å². The molecule has 0 radical (unpaired) electrons. The van der Waals surface area contributed by atoms with Crippen molar-refractivity contribution in [3.63, 3.8) is 0 Å². The van der Waals surface area contributed by atoms with E-state index in [1.165, 1.54) is 18.4 Å². The average Bonchev–Trinajstić information content (AvgIpc) is 3.26. The van der Waals surface area contributed by atoms with Crippen LogP contribution in [0.15, 0.2) is 48.5 Å². The van der Waals surface area contributed by atoms with Crippen LogP contribution in [0.3, 0.4) is 0 Å². The second-order valence-corrected chi connectivity index (χ2v) is 7.35. The maximum atomic E-state index is 11.7. The van der Waals surface area contributed by atoms with Crippen LogP contribution < -0.4 is 10.5 Å². The van der Waals surface area contributed by atoms with Gasteiger partial charge in [-0.05, 0) is 42.0 Å². The smallest absolute Gasteiger partial charge is 0.343 e. The molecule has 0 saturated carbocycles. The number of amides is 1. The van der Waals surface area contributed by atoms with Crippen LogP contribution in [0.4, 0.5) is 0 Å². The molecule has 1 heterocycles. The Bertz CT molecular complexity index is 1060. The van der Waals surface area contributed by atoms with E-state index in [-0.39, 0.29) is 18.4 Å². The molecule has 1 atom stereocenters. The molecule has 1 aliphatic carbocycles. The Morgan fingerprint density at radius 2 is 1.93 bits per heavy atom. The van der Waals surface area contributed by atoms with Gasteiger partial charge < -0.3 is 19.8 Å². The Morgan fingerprint density at radius 1 is 1.14 bits per heavy atom. The number of carbonyl (C=O) groups excluding carboxylic acids is 2. The minimum absolute atomic E-state index is 0.0601. The van der Waals surface area contributed by atoms with Crippen molar-refractivity contribution in [2.24, 2.45) is 5.73 Å². The van der Waals surface area contributed by atoms with Crippen molar-refractivity contribution in [1.82, 2.24) is 4.57 Å². The normalized spacial score (nSPS) is 15.3. The number of rotatable bonds is 7. The summed E-state index contributed by atoms with van der Waals surface area (Å²) in [6.07, 6.45) is 2.07. The number of hydrogen-bond donors (Lipinski definition) is 1. The number of aromatic nitrogens is 1. The van der Waals surface area contributed by atoms with E-state index in [4.69, 9.17) is 15.2 Å². The average molecular weight is 392 g/mol. The summed E-state index contributed by atoms with van der Waals surface area (Å²) < 4.78 is 12.8. The van der Waals surface area contributed by atoms with Crippen molar-refractivity contribution < 1.29 is 19.1 Å². The van der Waals surface area contributed by atoms with Gasteiger partial charge in [0, 0.05) is 24.0 Å². The Labute approximate surface area is 169 Å². The number of benzene rings is 2. The molecule has 6 heteroatoms. The van der Waals surface area contributed by atoms with E-state index in [1.54, 1.807) is 0 Å². The van der Waals surface area contributed by atoms with E-state index < -0.39 is 5.97 Å². The van der Waals surface area contributed by atoms with Crippen molar-refractivity contribution in [2.75, 3.05) is 13.7 Å². The molecule has 1 unspecified atom stereocenters. The predicted molar refractivity (Wildman–Crippen MR) is 110 cm³/mol. The van der Waals surface area contributed by atoms with Crippen LogP contribution in [0.5, 0.6) is 5.75 Å². The van der Waals surface area contributed by atoms with Gasteiger partial charge in [0.2, 0.25) is 5.91 Å². The molecule has 1 aliphatic rings. The molecule has 6 nitrogen and oxygen atoms in total. The number of methoxy groups -OCH3 is 1. The first-order chi connectivity index (χ1) is 14.1. The summed E-state index contributed by atoms with van der Waals surface area (Å²) in [6.45, 7) is 0.575. The zero-order chi connectivity index (χ0) is 20.4. The molecule has 0 spiro atoms. The van der Waals surface area contributed by atoms with Crippen molar-refractivity contribution >= 4 is 22.8 Å². The van der Waals surface area contributed by atoms with Gasteiger partial charge in [-0.25, -0.2) is 4.79 Å². The van der Waals surface area contributed by atoms with Crippen molar-refractivity contribution in [1.29, 1.82) is 0 Å². The second kappa shape index (κ2) is 7.99. The third-order valence-corrected chi connectivity index (χ3v) is 5.54. The Balaban J connectivity index is 1.84. The van der Waals surface area contributed by atoms with E-state index in [1.807, 2.05) is 30.3 Å². The molecular formula is C23H24N2O4. The van der Waals surface area contributed by atoms with Crippen molar-refractivity contribution in [3.05, 3.63) is 65.4 Å². The first kappa shape index (κ1) is 19.1. The number of nitrogens with zero attached hydrogens (tertiary/aromatic N) is 1. The van der Waals surface area contributed by atoms with Gasteiger partial charge in [0.1, 0.15) is 5.75 Å². The van der Waals surface area contributed by atoms with Gasteiger partial charge >= 0.3 is 5.97 Å². The van der Waals surface area contributed by atoms with Crippen LogP contribution in [0.1, 0.15) is 35.6 Å². The number of primary amides is 1. The van der Waals surface area contributed by atoms with Crippen LogP contribution in [-0.4, -0.2) is 30.2 Å². The number of esters is 1. The molecule has 150 valence electrons. The molecular weight excluding hydrogens is 368 g/mol. The van der Waals surface area contributed by atoms with E-state index in [9.17, 15) is 9.59 Å². The zero-order valence-electron chi connectivity index (χ0n) is 16.4. The molecule has 0 aliphatic heterocycles. The van der Waals surface area contributed by atoms with Gasteiger partial charge in [-0.2, -0.15) is 0 Å². The summed E-state index contributed by atoms with van der Waals surface area (Å²) in [5, 5.41) is 0.964. The van der Waals surface area contributed by atoms with E-state index in [2.05, 4.69) is 22.8 Å². The predicted octanol–water partition coefficient (Wildman–Crippen LogP) is 3.15. The first-order valence-corrected chi connectivity index (χ1v) is 9.74. The molecule has 3 aromatic rings. The van der Waals surface area contributed by atoms with E-state index in [0.717, 1.165) is 35.9 Å². The first-order valence-electron chi connectivity index (χ1n) is 9.74. The Morgan fingerprint density at radius 3 is 2.66 bits per heavy atom. The summed E-state index contributed by atoms with van der Waals surface area (Å²) in [4.78, 5) is 23.3. The third-order valence-electron chi connectivity index (χ3n) is 5.54. The van der Waals surface area contributed by atoms with Gasteiger partial charge in [-0.1, -0.05) is 36.4 Å². The highest BCUT2D eigenvalue weighted by molar-refractivity contribution is 5.93. The molecule has 29 heavy (non-hydrogen) atoms. The molecule has 0 saturated heterocycles. The van der Waals surface area contributed by atoms with Crippen LogP contribution >= 0.6 is 0 Å². The summed E-state index contributed by atoms with van der Waals surface area (Å²) >= 11 is 0. The summed E-state index contributed by atoms with van der Waals surface area (Å²) in [5.74, 6) is -0.0481. The highest BCUT2D eigenvalue weighted by Crippen LogP contribution is 2.45. The highest BCUT2D eigenvalue weighted by Gasteiger charge is 2.32.